The number of H-pyrrole nitrogens is 1. The van der Waals surface area contributed by atoms with E-state index in [-0.39, 0.29) is 18.3 Å². The molecule has 0 radical (unpaired) electrons. The van der Waals surface area contributed by atoms with Crippen molar-refractivity contribution in [1.82, 2.24) is 19.8 Å². The molecule has 0 atom stereocenters. The highest BCUT2D eigenvalue weighted by Gasteiger charge is 2.26. The van der Waals surface area contributed by atoms with Crippen LogP contribution in [0.2, 0.25) is 0 Å². The van der Waals surface area contributed by atoms with Crippen LogP contribution < -0.4 is 16.4 Å². The standard InChI is InChI=1S/C20H26N4O3.ClH/c1-2-24-17-6-5-14(11-16(17)22-18(25)20(24)27)19(26)23-9-7-15(8-10-23)21-12-13-3-4-13;/h5-6,11,13,15,21H,2-4,7-10,12H2,1H3,(H,22,25);1H. The predicted molar refractivity (Wildman–Crippen MR) is 111 cm³/mol. The number of fused-ring (bicyclic) bond motifs is 1. The minimum atomic E-state index is -0.656. The molecule has 1 saturated heterocycles. The number of carbonyl (C=O) groups excluding carboxylic acids is 1. The molecule has 8 heteroatoms. The Balaban J connectivity index is 0.00000225. The van der Waals surface area contributed by atoms with Crippen LogP contribution in [0.5, 0.6) is 0 Å². The van der Waals surface area contributed by atoms with Crippen LogP contribution in [0, 0.1) is 5.92 Å². The van der Waals surface area contributed by atoms with Gasteiger partial charge in [0.15, 0.2) is 0 Å². The van der Waals surface area contributed by atoms with Crippen LogP contribution in [0.1, 0.15) is 43.0 Å². The van der Waals surface area contributed by atoms with Crippen LogP contribution in [-0.4, -0.2) is 46.0 Å². The monoisotopic (exact) mass is 406 g/mol. The number of benzene rings is 1. The highest BCUT2D eigenvalue weighted by atomic mass is 35.5. The number of nitrogens with zero attached hydrogens (tertiary/aromatic N) is 2. The number of hydrogen-bond donors (Lipinski definition) is 2. The fraction of sp³-hybridized carbons (Fsp3) is 0.550. The summed E-state index contributed by atoms with van der Waals surface area (Å²) >= 11 is 0. The Hall–Kier alpha value is -2.12. The zero-order valence-electron chi connectivity index (χ0n) is 16.1. The third-order valence-electron chi connectivity index (χ3n) is 5.71. The maximum atomic E-state index is 12.9. The molecular weight excluding hydrogens is 380 g/mol. The van der Waals surface area contributed by atoms with E-state index >= 15 is 0 Å². The Kier molecular flexibility index (Phi) is 6.25. The molecule has 0 unspecified atom stereocenters. The van der Waals surface area contributed by atoms with Gasteiger partial charge in [-0.25, -0.2) is 0 Å². The van der Waals surface area contributed by atoms with Crippen molar-refractivity contribution in [2.24, 2.45) is 5.92 Å². The van der Waals surface area contributed by atoms with E-state index in [9.17, 15) is 14.4 Å². The second-order valence-electron chi connectivity index (χ2n) is 7.65. The van der Waals surface area contributed by atoms with E-state index < -0.39 is 11.1 Å². The van der Waals surface area contributed by atoms with Crippen molar-refractivity contribution in [2.75, 3.05) is 19.6 Å². The molecule has 2 N–H and O–H groups in total. The number of carbonyl (C=O) groups is 1. The number of likely N-dealkylation sites (tertiary alicyclic amines) is 1. The van der Waals surface area contributed by atoms with Gasteiger partial charge < -0.3 is 19.8 Å². The summed E-state index contributed by atoms with van der Waals surface area (Å²) in [6.07, 6.45) is 4.64. The summed E-state index contributed by atoms with van der Waals surface area (Å²) in [6, 6.07) is 5.67. The fourth-order valence-electron chi connectivity index (χ4n) is 3.85. The summed E-state index contributed by atoms with van der Waals surface area (Å²) < 4.78 is 1.43. The number of hydrogen-bond acceptors (Lipinski definition) is 4. The number of aryl methyl sites for hydroxylation is 1. The van der Waals surface area contributed by atoms with Crippen molar-refractivity contribution in [3.05, 3.63) is 44.5 Å². The molecule has 1 saturated carbocycles. The first kappa shape index (κ1) is 20.6. The van der Waals surface area contributed by atoms with Crippen molar-refractivity contribution in [1.29, 1.82) is 0 Å². The van der Waals surface area contributed by atoms with Crippen molar-refractivity contribution >= 4 is 29.3 Å². The zero-order valence-corrected chi connectivity index (χ0v) is 16.9. The first-order valence-electron chi connectivity index (χ1n) is 9.86. The number of amides is 1. The predicted octanol–water partition coefficient (Wildman–Crippen LogP) is 1.74. The lowest BCUT2D eigenvalue weighted by molar-refractivity contribution is 0.0705. The number of halogens is 1. The smallest absolute Gasteiger partial charge is 0.316 e. The summed E-state index contributed by atoms with van der Waals surface area (Å²) in [6.45, 7) is 4.82. The van der Waals surface area contributed by atoms with Gasteiger partial charge in [-0.15, -0.1) is 12.4 Å². The Morgan fingerprint density at radius 1 is 1.18 bits per heavy atom. The molecule has 1 aromatic heterocycles. The van der Waals surface area contributed by atoms with Crippen LogP contribution >= 0.6 is 12.4 Å². The summed E-state index contributed by atoms with van der Waals surface area (Å²) in [5.41, 5.74) is 0.486. The van der Waals surface area contributed by atoms with Gasteiger partial charge in [-0.3, -0.25) is 14.4 Å². The molecule has 0 bridgehead atoms. The lowest BCUT2D eigenvalue weighted by atomic mass is 10.0. The van der Waals surface area contributed by atoms with E-state index in [1.165, 1.54) is 17.4 Å². The van der Waals surface area contributed by atoms with Crippen molar-refractivity contribution in [3.63, 3.8) is 0 Å². The maximum Gasteiger partial charge on any atom is 0.316 e. The van der Waals surface area contributed by atoms with Crippen molar-refractivity contribution in [2.45, 2.75) is 45.2 Å². The molecule has 1 aromatic carbocycles. The molecule has 2 aromatic rings. The second-order valence-corrected chi connectivity index (χ2v) is 7.65. The molecule has 1 amide bonds. The highest BCUT2D eigenvalue weighted by Crippen LogP contribution is 2.28. The summed E-state index contributed by atoms with van der Waals surface area (Å²) in [4.78, 5) is 41.2. The van der Waals surface area contributed by atoms with Gasteiger partial charge in [0.05, 0.1) is 11.0 Å². The zero-order chi connectivity index (χ0) is 19.0. The van der Waals surface area contributed by atoms with Crippen molar-refractivity contribution in [3.8, 4) is 0 Å². The molecule has 1 aliphatic heterocycles. The number of rotatable bonds is 5. The molecular formula is C20H27ClN4O3. The van der Waals surface area contributed by atoms with Crippen LogP contribution in [0.4, 0.5) is 0 Å². The minimum Gasteiger partial charge on any atom is -0.339 e. The number of aromatic amines is 1. The van der Waals surface area contributed by atoms with Gasteiger partial charge in [0.1, 0.15) is 0 Å². The third kappa shape index (κ3) is 4.15. The maximum absolute atomic E-state index is 12.9. The SMILES string of the molecule is CCn1c(=O)c(=O)[nH]c2cc(C(=O)N3CCC(NCC4CC4)CC3)ccc21.Cl. The van der Waals surface area contributed by atoms with Gasteiger partial charge in [-0.2, -0.15) is 0 Å². The van der Waals surface area contributed by atoms with Gasteiger partial charge >= 0.3 is 11.1 Å². The normalized spacial score (nSPS) is 17.5. The molecule has 4 rings (SSSR count). The quantitative estimate of drug-likeness (QED) is 0.740. The van der Waals surface area contributed by atoms with Crippen LogP contribution in [0.3, 0.4) is 0 Å². The number of aromatic nitrogens is 2. The molecule has 28 heavy (non-hydrogen) atoms. The van der Waals surface area contributed by atoms with E-state index in [0.29, 0.717) is 29.2 Å². The number of piperidine rings is 1. The van der Waals surface area contributed by atoms with Gasteiger partial charge in [-0.1, -0.05) is 0 Å². The first-order chi connectivity index (χ1) is 13.1. The third-order valence-corrected chi connectivity index (χ3v) is 5.71. The van der Waals surface area contributed by atoms with E-state index in [4.69, 9.17) is 0 Å². The Morgan fingerprint density at radius 2 is 1.89 bits per heavy atom. The van der Waals surface area contributed by atoms with E-state index in [0.717, 1.165) is 38.4 Å². The Morgan fingerprint density at radius 3 is 2.54 bits per heavy atom. The fourth-order valence-corrected chi connectivity index (χ4v) is 3.85. The molecule has 2 fully saturated rings. The Bertz CT molecular complexity index is 972. The van der Waals surface area contributed by atoms with Gasteiger partial charge in [-0.05, 0) is 63.3 Å². The average molecular weight is 407 g/mol. The molecule has 152 valence electrons. The Labute approximate surface area is 169 Å². The van der Waals surface area contributed by atoms with E-state index in [1.54, 1.807) is 18.2 Å². The number of nitrogens with one attached hydrogen (secondary N) is 2. The molecule has 7 nitrogen and oxygen atoms in total. The highest BCUT2D eigenvalue weighted by molar-refractivity contribution is 5.97. The summed E-state index contributed by atoms with van der Waals surface area (Å²) in [5.74, 6) is 0.845. The summed E-state index contributed by atoms with van der Waals surface area (Å²) in [5, 5.41) is 3.62. The average Bonchev–Trinajstić information content (AvgIpc) is 3.51. The van der Waals surface area contributed by atoms with Gasteiger partial charge in [0.25, 0.3) is 5.91 Å². The lowest BCUT2D eigenvalue weighted by Gasteiger charge is -2.32. The van der Waals surface area contributed by atoms with Crippen molar-refractivity contribution < 1.29 is 4.79 Å². The molecule has 1 aliphatic carbocycles. The van der Waals surface area contributed by atoms with Crippen LogP contribution in [0.25, 0.3) is 11.0 Å². The molecule has 2 heterocycles. The second kappa shape index (κ2) is 8.49. The largest absolute Gasteiger partial charge is 0.339 e. The van der Waals surface area contributed by atoms with Gasteiger partial charge in [0, 0.05) is 31.2 Å². The van der Waals surface area contributed by atoms with E-state index in [2.05, 4.69) is 10.3 Å². The minimum absolute atomic E-state index is 0. The van der Waals surface area contributed by atoms with Crippen LogP contribution in [0.15, 0.2) is 27.8 Å². The lowest BCUT2D eigenvalue weighted by Crippen LogP contribution is -2.45. The van der Waals surface area contributed by atoms with Crippen LogP contribution in [-0.2, 0) is 6.54 Å². The van der Waals surface area contributed by atoms with Gasteiger partial charge in [0.2, 0.25) is 0 Å². The molecule has 2 aliphatic rings. The molecule has 0 spiro atoms. The van der Waals surface area contributed by atoms with E-state index in [1.807, 2.05) is 11.8 Å². The first-order valence-corrected chi connectivity index (χ1v) is 9.86. The summed E-state index contributed by atoms with van der Waals surface area (Å²) in [7, 11) is 0. The topological polar surface area (TPSA) is 87.2 Å².